The highest BCUT2D eigenvalue weighted by molar-refractivity contribution is 5.96. The summed E-state index contributed by atoms with van der Waals surface area (Å²) in [6.45, 7) is 0. The van der Waals surface area contributed by atoms with Crippen LogP contribution in [-0.2, 0) is 11.2 Å². The molecule has 1 aliphatic heterocycles. The molecular formula is C10H11FN2O. The molecule has 4 heteroatoms. The Labute approximate surface area is 81.1 Å². The summed E-state index contributed by atoms with van der Waals surface area (Å²) in [7, 11) is 0. The molecule has 0 bridgehead atoms. The number of amides is 1. The first kappa shape index (κ1) is 9.15. The zero-order valence-corrected chi connectivity index (χ0v) is 7.59. The molecule has 1 unspecified atom stereocenters. The number of hydrogen-bond acceptors (Lipinski definition) is 2. The number of carbonyl (C=O) groups excluding carboxylic acids is 1. The van der Waals surface area contributed by atoms with E-state index in [9.17, 15) is 9.18 Å². The Morgan fingerprint density at radius 3 is 3.07 bits per heavy atom. The SMILES string of the molecule is NC1CCc2c(F)cccc2NC1=O. The fourth-order valence-electron chi connectivity index (χ4n) is 1.59. The van der Waals surface area contributed by atoms with Crippen LogP contribution in [0.4, 0.5) is 10.1 Å². The van der Waals surface area contributed by atoms with Crippen molar-refractivity contribution in [3.8, 4) is 0 Å². The smallest absolute Gasteiger partial charge is 0.241 e. The molecule has 0 aliphatic carbocycles. The van der Waals surface area contributed by atoms with Gasteiger partial charge in [-0.1, -0.05) is 6.07 Å². The number of fused-ring (bicyclic) bond motifs is 1. The molecule has 14 heavy (non-hydrogen) atoms. The molecule has 1 aliphatic rings. The zero-order chi connectivity index (χ0) is 10.1. The Hall–Kier alpha value is -1.42. The number of halogens is 1. The highest BCUT2D eigenvalue weighted by Crippen LogP contribution is 2.23. The standard InChI is InChI=1S/C10H11FN2O/c11-7-2-1-3-9-6(7)4-5-8(12)10(14)13-9/h1-3,8H,4-5,12H2,(H,13,14). The van der Waals surface area contributed by atoms with E-state index in [1.54, 1.807) is 12.1 Å². The molecule has 2 rings (SSSR count). The van der Waals surface area contributed by atoms with Crippen LogP contribution in [0, 0.1) is 5.82 Å². The van der Waals surface area contributed by atoms with Crippen LogP contribution in [0.3, 0.4) is 0 Å². The number of nitrogens with one attached hydrogen (secondary N) is 1. The van der Waals surface area contributed by atoms with Crippen molar-refractivity contribution < 1.29 is 9.18 Å². The second-order valence-corrected chi connectivity index (χ2v) is 3.40. The van der Waals surface area contributed by atoms with Gasteiger partial charge in [0.25, 0.3) is 0 Å². The summed E-state index contributed by atoms with van der Waals surface area (Å²) >= 11 is 0. The lowest BCUT2D eigenvalue weighted by Gasteiger charge is -2.06. The van der Waals surface area contributed by atoms with Gasteiger partial charge in [-0.05, 0) is 25.0 Å². The molecule has 1 heterocycles. The first-order chi connectivity index (χ1) is 6.68. The first-order valence-electron chi connectivity index (χ1n) is 4.52. The van der Waals surface area contributed by atoms with Gasteiger partial charge in [0.15, 0.2) is 0 Å². The Morgan fingerprint density at radius 2 is 2.29 bits per heavy atom. The number of hydrogen-bond donors (Lipinski definition) is 2. The van der Waals surface area contributed by atoms with E-state index in [1.807, 2.05) is 0 Å². The molecule has 1 atom stereocenters. The number of nitrogens with two attached hydrogens (primary N) is 1. The molecule has 3 nitrogen and oxygen atoms in total. The van der Waals surface area contributed by atoms with Crippen molar-refractivity contribution in [2.75, 3.05) is 5.32 Å². The third-order valence-corrected chi connectivity index (χ3v) is 2.42. The lowest BCUT2D eigenvalue weighted by Crippen LogP contribution is -2.34. The number of carbonyl (C=O) groups is 1. The summed E-state index contributed by atoms with van der Waals surface area (Å²) in [6, 6.07) is 4.11. The van der Waals surface area contributed by atoms with Crippen molar-refractivity contribution in [3.63, 3.8) is 0 Å². The van der Waals surface area contributed by atoms with Crippen LogP contribution in [0.5, 0.6) is 0 Å². The van der Waals surface area contributed by atoms with E-state index >= 15 is 0 Å². The topological polar surface area (TPSA) is 55.1 Å². The summed E-state index contributed by atoms with van der Waals surface area (Å²) in [5.74, 6) is -0.522. The maximum Gasteiger partial charge on any atom is 0.241 e. The Morgan fingerprint density at radius 1 is 1.50 bits per heavy atom. The van der Waals surface area contributed by atoms with Gasteiger partial charge in [-0.2, -0.15) is 0 Å². The maximum atomic E-state index is 13.3. The monoisotopic (exact) mass is 194 g/mol. The average molecular weight is 194 g/mol. The molecule has 74 valence electrons. The molecule has 0 spiro atoms. The second kappa shape index (κ2) is 3.38. The first-order valence-corrected chi connectivity index (χ1v) is 4.52. The summed E-state index contributed by atoms with van der Waals surface area (Å²) < 4.78 is 13.3. The van der Waals surface area contributed by atoms with Crippen molar-refractivity contribution in [3.05, 3.63) is 29.6 Å². The molecule has 1 aromatic rings. The summed E-state index contributed by atoms with van der Waals surface area (Å²) in [4.78, 5) is 11.3. The second-order valence-electron chi connectivity index (χ2n) is 3.40. The third-order valence-electron chi connectivity index (χ3n) is 2.42. The molecular weight excluding hydrogens is 183 g/mol. The van der Waals surface area contributed by atoms with Crippen LogP contribution in [0.15, 0.2) is 18.2 Å². The molecule has 1 amide bonds. The van der Waals surface area contributed by atoms with Gasteiger partial charge in [0.1, 0.15) is 5.82 Å². The van der Waals surface area contributed by atoms with Crippen molar-refractivity contribution in [1.82, 2.24) is 0 Å². The van der Waals surface area contributed by atoms with Gasteiger partial charge in [-0.15, -0.1) is 0 Å². The zero-order valence-electron chi connectivity index (χ0n) is 7.59. The van der Waals surface area contributed by atoms with E-state index in [-0.39, 0.29) is 11.7 Å². The predicted molar refractivity (Wildman–Crippen MR) is 51.3 cm³/mol. The lowest BCUT2D eigenvalue weighted by molar-refractivity contribution is -0.117. The highest BCUT2D eigenvalue weighted by atomic mass is 19.1. The van der Waals surface area contributed by atoms with Gasteiger partial charge in [0.05, 0.1) is 6.04 Å². The van der Waals surface area contributed by atoms with Crippen molar-refractivity contribution in [2.24, 2.45) is 5.73 Å². The number of rotatable bonds is 0. The quantitative estimate of drug-likeness (QED) is 0.648. The fraction of sp³-hybridized carbons (Fsp3) is 0.300. The molecule has 3 N–H and O–H groups in total. The molecule has 1 aromatic carbocycles. The highest BCUT2D eigenvalue weighted by Gasteiger charge is 2.21. The van der Waals surface area contributed by atoms with Crippen LogP contribution in [0.1, 0.15) is 12.0 Å². The van der Waals surface area contributed by atoms with Crippen molar-refractivity contribution in [2.45, 2.75) is 18.9 Å². The van der Waals surface area contributed by atoms with Gasteiger partial charge in [0.2, 0.25) is 5.91 Å². The minimum Gasteiger partial charge on any atom is -0.324 e. The molecule has 0 aromatic heterocycles. The van der Waals surface area contributed by atoms with Gasteiger partial charge in [-0.25, -0.2) is 4.39 Å². The minimum absolute atomic E-state index is 0.241. The van der Waals surface area contributed by atoms with E-state index in [0.717, 1.165) is 0 Å². The third kappa shape index (κ3) is 1.48. The van der Waals surface area contributed by atoms with Crippen LogP contribution in [0.2, 0.25) is 0 Å². The van der Waals surface area contributed by atoms with E-state index < -0.39 is 6.04 Å². The molecule has 0 fully saturated rings. The van der Waals surface area contributed by atoms with Crippen molar-refractivity contribution >= 4 is 11.6 Å². The number of benzene rings is 1. The Kier molecular flexibility index (Phi) is 2.21. The van der Waals surface area contributed by atoms with Crippen LogP contribution >= 0.6 is 0 Å². The van der Waals surface area contributed by atoms with Crippen LogP contribution in [-0.4, -0.2) is 11.9 Å². The maximum absolute atomic E-state index is 13.3. The summed E-state index contributed by atoms with van der Waals surface area (Å²) in [6.07, 6.45) is 0.988. The van der Waals surface area contributed by atoms with E-state index in [1.165, 1.54) is 6.07 Å². The molecule has 0 saturated heterocycles. The van der Waals surface area contributed by atoms with E-state index in [2.05, 4.69) is 5.32 Å². The lowest BCUT2D eigenvalue weighted by atomic mass is 10.1. The van der Waals surface area contributed by atoms with E-state index in [0.29, 0.717) is 24.1 Å². The van der Waals surface area contributed by atoms with Gasteiger partial charge >= 0.3 is 0 Å². The summed E-state index contributed by atoms with van der Waals surface area (Å²) in [5, 5.41) is 2.61. The fourth-order valence-corrected chi connectivity index (χ4v) is 1.59. The normalized spacial score (nSPS) is 21.0. The van der Waals surface area contributed by atoms with Crippen molar-refractivity contribution in [1.29, 1.82) is 0 Å². The molecule has 0 saturated carbocycles. The van der Waals surface area contributed by atoms with Crippen LogP contribution in [0.25, 0.3) is 0 Å². The average Bonchev–Trinajstić information content (AvgIpc) is 2.29. The van der Waals surface area contributed by atoms with Gasteiger partial charge < -0.3 is 11.1 Å². The predicted octanol–water partition coefficient (Wildman–Crippen LogP) is 1.04. The van der Waals surface area contributed by atoms with Crippen LogP contribution < -0.4 is 11.1 Å². The van der Waals surface area contributed by atoms with Gasteiger partial charge in [-0.3, -0.25) is 4.79 Å². The Balaban J connectivity index is 2.42. The molecule has 0 radical (unpaired) electrons. The largest absolute Gasteiger partial charge is 0.324 e. The minimum atomic E-state index is -0.540. The Bertz CT molecular complexity index is 378. The number of anilines is 1. The van der Waals surface area contributed by atoms with Gasteiger partial charge in [0, 0.05) is 11.3 Å². The summed E-state index contributed by atoms with van der Waals surface area (Å²) in [5.41, 5.74) is 6.67. The van der Waals surface area contributed by atoms with E-state index in [4.69, 9.17) is 5.73 Å².